The van der Waals surface area contributed by atoms with Gasteiger partial charge < -0.3 is 10.8 Å². The van der Waals surface area contributed by atoms with Gasteiger partial charge >= 0.3 is 0 Å². The molecule has 1 saturated carbocycles. The van der Waals surface area contributed by atoms with Crippen LogP contribution in [0.15, 0.2) is 24.3 Å². The van der Waals surface area contributed by atoms with Crippen LogP contribution in [0.2, 0.25) is 0 Å². The van der Waals surface area contributed by atoms with E-state index in [0.717, 1.165) is 12.0 Å². The number of rotatable bonds is 5. The van der Waals surface area contributed by atoms with Crippen molar-refractivity contribution in [2.45, 2.75) is 51.2 Å². The lowest BCUT2D eigenvalue weighted by Crippen LogP contribution is -2.30. The van der Waals surface area contributed by atoms with Gasteiger partial charge in [-0.1, -0.05) is 38.1 Å². The van der Waals surface area contributed by atoms with Gasteiger partial charge in [-0.2, -0.15) is 0 Å². The molecule has 2 rings (SSSR count). The monoisotopic (exact) mass is 233 g/mol. The van der Waals surface area contributed by atoms with Crippen molar-refractivity contribution in [1.29, 1.82) is 0 Å². The molecule has 0 radical (unpaired) electrons. The summed E-state index contributed by atoms with van der Waals surface area (Å²) in [5.74, 6) is 1.18. The van der Waals surface area contributed by atoms with Crippen LogP contribution in [0, 0.1) is 5.92 Å². The van der Waals surface area contributed by atoms with E-state index in [1.807, 2.05) is 12.1 Å². The summed E-state index contributed by atoms with van der Waals surface area (Å²) < 4.78 is 0. The Morgan fingerprint density at radius 3 is 2.53 bits per heavy atom. The molecule has 2 heteroatoms. The largest absolute Gasteiger partial charge is 0.387 e. The minimum Gasteiger partial charge on any atom is -0.387 e. The van der Waals surface area contributed by atoms with Crippen molar-refractivity contribution in [1.82, 2.24) is 0 Å². The van der Waals surface area contributed by atoms with E-state index < -0.39 is 6.10 Å². The SMILES string of the molecule is CC(C)CC(N)C(O)c1ccccc1C1CC1. The Bertz CT molecular complexity index is 371. The highest BCUT2D eigenvalue weighted by Gasteiger charge is 2.29. The summed E-state index contributed by atoms with van der Waals surface area (Å²) in [6, 6.07) is 8.05. The van der Waals surface area contributed by atoms with Crippen molar-refractivity contribution >= 4 is 0 Å². The van der Waals surface area contributed by atoms with Crippen molar-refractivity contribution < 1.29 is 5.11 Å². The molecule has 17 heavy (non-hydrogen) atoms. The number of aliphatic hydroxyl groups is 1. The van der Waals surface area contributed by atoms with Gasteiger partial charge in [0, 0.05) is 6.04 Å². The van der Waals surface area contributed by atoms with Crippen LogP contribution in [0.25, 0.3) is 0 Å². The molecule has 1 aliphatic rings. The molecule has 1 aromatic rings. The van der Waals surface area contributed by atoms with E-state index in [9.17, 15) is 5.11 Å². The van der Waals surface area contributed by atoms with E-state index in [2.05, 4.69) is 26.0 Å². The number of benzene rings is 1. The standard InChI is InChI=1S/C15H23NO/c1-10(2)9-14(16)15(17)13-6-4-3-5-12(13)11-7-8-11/h3-6,10-11,14-15,17H,7-9,16H2,1-2H3. The minimum absolute atomic E-state index is 0.157. The molecule has 2 atom stereocenters. The van der Waals surface area contributed by atoms with Crippen molar-refractivity contribution in [3.05, 3.63) is 35.4 Å². The van der Waals surface area contributed by atoms with Gasteiger partial charge in [-0.05, 0) is 42.2 Å². The van der Waals surface area contributed by atoms with Crippen LogP contribution >= 0.6 is 0 Å². The molecule has 1 fully saturated rings. The van der Waals surface area contributed by atoms with Crippen molar-refractivity contribution in [3.63, 3.8) is 0 Å². The number of aliphatic hydroxyl groups excluding tert-OH is 1. The van der Waals surface area contributed by atoms with Crippen molar-refractivity contribution in [2.24, 2.45) is 11.7 Å². The second-order valence-corrected chi connectivity index (χ2v) is 5.64. The third-order valence-electron chi connectivity index (χ3n) is 3.48. The molecule has 94 valence electrons. The minimum atomic E-state index is -0.519. The highest BCUT2D eigenvalue weighted by Crippen LogP contribution is 2.43. The highest BCUT2D eigenvalue weighted by atomic mass is 16.3. The van der Waals surface area contributed by atoms with Crippen LogP contribution in [0.4, 0.5) is 0 Å². The third-order valence-corrected chi connectivity index (χ3v) is 3.48. The quantitative estimate of drug-likeness (QED) is 0.821. The molecule has 2 unspecified atom stereocenters. The molecule has 0 heterocycles. The van der Waals surface area contributed by atoms with Gasteiger partial charge in [0.05, 0.1) is 6.10 Å². The van der Waals surface area contributed by atoms with Crippen LogP contribution in [0.5, 0.6) is 0 Å². The lowest BCUT2D eigenvalue weighted by molar-refractivity contribution is 0.135. The Labute approximate surface area is 104 Å². The van der Waals surface area contributed by atoms with Gasteiger partial charge in [0.25, 0.3) is 0 Å². The van der Waals surface area contributed by atoms with E-state index >= 15 is 0 Å². The normalized spacial score (nSPS) is 19.4. The van der Waals surface area contributed by atoms with Gasteiger partial charge in [0.15, 0.2) is 0 Å². The first kappa shape index (κ1) is 12.6. The topological polar surface area (TPSA) is 46.2 Å². The van der Waals surface area contributed by atoms with E-state index in [4.69, 9.17) is 5.73 Å². The van der Waals surface area contributed by atoms with Crippen LogP contribution in [0.1, 0.15) is 56.3 Å². The Morgan fingerprint density at radius 1 is 1.29 bits per heavy atom. The molecule has 3 N–H and O–H groups in total. The Kier molecular flexibility index (Phi) is 3.85. The molecule has 0 saturated heterocycles. The molecular weight excluding hydrogens is 210 g/mol. The molecule has 0 amide bonds. The molecule has 0 aliphatic heterocycles. The molecule has 0 aromatic heterocycles. The summed E-state index contributed by atoms with van der Waals surface area (Å²) in [6.07, 6.45) is 2.85. The first-order valence-corrected chi connectivity index (χ1v) is 6.62. The summed E-state index contributed by atoms with van der Waals surface area (Å²) in [7, 11) is 0. The first-order chi connectivity index (χ1) is 8.09. The zero-order chi connectivity index (χ0) is 12.4. The maximum absolute atomic E-state index is 10.4. The second kappa shape index (κ2) is 5.19. The van der Waals surface area contributed by atoms with Gasteiger partial charge in [0.2, 0.25) is 0 Å². The number of hydrogen-bond acceptors (Lipinski definition) is 2. The zero-order valence-corrected chi connectivity index (χ0v) is 10.8. The first-order valence-electron chi connectivity index (χ1n) is 6.62. The van der Waals surface area contributed by atoms with Crippen LogP contribution < -0.4 is 5.73 Å². The fourth-order valence-electron chi connectivity index (χ4n) is 2.45. The summed E-state index contributed by atoms with van der Waals surface area (Å²) in [4.78, 5) is 0. The molecule has 2 nitrogen and oxygen atoms in total. The summed E-state index contributed by atoms with van der Waals surface area (Å²) in [5.41, 5.74) is 8.44. The lowest BCUT2D eigenvalue weighted by Gasteiger charge is -2.23. The van der Waals surface area contributed by atoms with E-state index in [1.165, 1.54) is 18.4 Å². The van der Waals surface area contributed by atoms with Gasteiger partial charge in [0.1, 0.15) is 0 Å². The molecule has 0 bridgehead atoms. The second-order valence-electron chi connectivity index (χ2n) is 5.64. The Balaban J connectivity index is 2.15. The predicted molar refractivity (Wildman–Crippen MR) is 70.8 cm³/mol. The zero-order valence-electron chi connectivity index (χ0n) is 10.8. The van der Waals surface area contributed by atoms with Crippen molar-refractivity contribution in [2.75, 3.05) is 0 Å². The maximum atomic E-state index is 10.4. The predicted octanol–water partition coefficient (Wildman–Crippen LogP) is 2.97. The fraction of sp³-hybridized carbons (Fsp3) is 0.600. The Hall–Kier alpha value is -0.860. The van der Waals surface area contributed by atoms with Gasteiger partial charge in [-0.3, -0.25) is 0 Å². The van der Waals surface area contributed by atoms with Gasteiger partial charge in [-0.25, -0.2) is 0 Å². The molecule has 1 aliphatic carbocycles. The number of nitrogens with two attached hydrogens (primary N) is 1. The van der Waals surface area contributed by atoms with Crippen LogP contribution in [-0.4, -0.2) is 11.1 Å². The fourth-order valence-corrected chi connectivity index (χ4v) is 2.45. The van der Waals surface area contributed by atoms with Crippen LogP contribution in [-0.2, 0) is 0 Å². The maximum Gasteiger partial charge on any atom is 0.0943 e. The molecular formula is C15H23NO. The number of hydrogen-bond donors (Lipinski definition) is 2. The van der Waals surface area contributed by atoms with Gasteiger partial charge in [-0.15, -0.1) is 0 Å². The summed E-state index contributed by atoms with van der Waals surface area (Å²) in [5, 5.41) is 10.4. The van der Waals surface area contributed by atoms with E-state index in [1.54, 1.807) is 0 Å². The summed E-state index contributed by atoms with van der Waals surface area (Å²) in [6.45, 7) is 4.28. The van der Waals surface area contributed by atoms with Crippen LogP contribution in [0.3, 0.4) is 0 Å². The van der Waals surface area contributed by atoms with E-state index in [0.29, 0.717) is 11.8 Å². The molecule has 1 aromatic carbocycles. The lowest BCUT2D eigenvalue weighted by atomic mass is 9.91. The Morgan fingerprint density at radius 2 is 1.94 bits per heavy atom. The van der Waals surface area contributed by atoms with Crippen molar-refractivity contribution in [3.8, 4) is 0 Å². The summed E-state index contributed by atoms with van der Waals surface area (Å²) >= 11 is 0. The average molecular weight is 233 g/mol. The highest BCUT2D eigenvalue weighted by molar-refractivity contribution is 5.35. The molecule has 0 spiro atoms. The average Bonchev–Trinajstić information content (AvgIpc) is 3.11. The third kappa shape index (κ3) is 3.08. The van der Waals surface area contributed by atoms with E-state index in [-0.39, 0.29) is 6.04 Å². The smallest absolute Gasteiger partial charge is 0.0943 e.